The molecular formula is C13H13NOS. The van der Waals surface area contributed by atoms with Crippen LogP contribution in [0.2, 0.25) is 0 Å². The van der Waals surface area contributed by atoms with Crippen molar-refractivity contribution in [1.82, 2.24) is 4.98 Å². The number of ether oxygens (including phenoxy) is 1. The minimum Gasteiger partial charge on any atom is -0.431 e. The number of benzene rings is 1. The van der Waals surface area contributed by atoms with Gasteiger partial charge in [-0.15, -0.1) is 0 Å². The van der Waals surface area contributed by atoms with Crippen molar-refractivity contribution < 1.29 is 4.74 Å². The first kappa shape index (κ1) is 10.9. The summed E-state index contributed by atoms with van der Waals surface area (Å²) in [5, 5.41) is 2.65. The maximum Gasteiger partial charge on any atom is 0.278 e. The van der Waals surface area contributed by atoms with Crippen molar-refractivity contribution in [3.05, 3.63) is 47.5 Å². The zero-order valence-corrected chi connectivity index (χ0v) is 10.2. The first-order chi connectivity index (χ1) is 7.65. The van der Waals surface area contributed by atoms with Crippen LogP contribution in [-0.4, -0.2) is 4.98 Å². The normalized spacial score (nSPS) is 10.1. The average Bonchev–Trinajstić information content (AvgIpc) is 2.64. The first-order valence-corrected chi connectivity index (χ1v) is 5.89. The van der Waals surface area contributed by atoms with Gasteiger partial charge in [-0.05, 0) is 31.5 Å². The fourth-order valence-electron chi connectivity index (χ4n) is 1.31. The van der Waals surface area contributed by atoms with Crippen LogP contribution in [0.25, 0.3) is 5.57 Å². The van der Waals surface area contributed by atoms with E-state index >= 15 is 0 Å². The smallest absolute Gasteiger partial charge is 0.278 e. The molecule has 0 amide bonds. The number of rotatable bonds is 3. The van der Waals surface area contributed by atoms with Crippen LogP contribution in [0.15, 0.2) is 36.2 Å². The Morgan fingerprint density at radius 3 is 2.88 bits per heavy atom. The van der Waals surface area contributed by atoms with E-state index in [-0.39, 0.29) is 0 Å². The second-order valence-corrected chi connectivity index (χ2v) is 4.49. The molecule has 0 spiro atoms. The highest BCUT2D eigenvalue weighted by molar-refractivity contribution is 7.11. The number of thiazole rings is 1. The van der Waals surface area contributed by atoms with Gasteiger partial charge in [0, 0.05) is 5.38 Å². The number of hydrogen-bond acceptors (Lipinski definition) is 3. The standard InChI is InChI=1S/C13H13NOS/c1-9(2)11-5-4-6-12(7-11)15-13-14-10(3)8-16-13/h4-8H,1H2,2-3H3. The number of allylic oxidation sites excluding steroid dienone is 1. The lowest BCUT2D eigenvalue weighted by Gasteiger charge is -2.04. The molecule has 0 N–H and O–H groups in total. The van der Waals surface area contributed by atoms with E-state index in [2.05, 4.69) is 11.6 Å². The van der Waals surface area contributed by atoms with Crippen molar-refractivity contribution in [2.45, 2.75) is 13.8 Å². The van der Waals surface area contributed by atoms with Gasteiger partial charge in [-0.3, -0.25) is 0 Å². The van der Waals surface area contributed by atoms with Gasteiger partial charge in [0.1, 0.15) is 5.75 Å². The van der Waals surface area contributed by atoms with E-state index in [0.717, 1.165) is 22.6 Å². The van der Waals surface area contributed by atoms with Crippen LogP contribution in [0.1, 0.15) is 18.2 Å². The Morgan fingerprint density at radius 2 is 2.25 bits per heavy atom. The molecule has 82 valence electrons. The fraction of sp³-hybridized carbons (Fsp3) is 0.154. The number of hydrogen-bond donors (Lipinski definition) is 0. The van der Waals surface area contributed by atoms with Crippen LogP contribution in [0.4, 0.5) is 0 Å². The second kappa shape index (κ2) is 4.49. The van der Waals surface area contributed by atoms with Crippen LogP contribution >= 0.6 is 11.3 Å². The van der Waals surface area contributed by atoms with Crippen molar-refractivity contribution in [3.63, 3.8) is 0 Å². The Kier molecular flexibility index (Phi) is 3.06. The van der Waals surface area contributed by atoms with E-state index < -0.39 is 0 Å². The van der Waals surface area contributed by atoms with E-state index in [1.54, 1.807) is 0 Å². The molecule has 2 aromatic rings. The van der Waals surface area contributed by atoms with Gasteiger partial charge >= 0.3 is 0 Å². The van der Waals surface area contributed by atoms with Gasteiger partial charge in [0.05, 0.1) is 5.69 Å². The predicted octanol–water partition coefficient (Wildman–Crippen LogP) is 4.28. The lowest BCUT2D eigenvalue weighted by molar-refractivity contribution is 0.478. The van der Waals surface area contributed by atoms with Crippen molar-refractivity contribution in [3.8, 4) is 10.9 Å². The molecule has 1 aromatic heterocycles. The summed E-state index contributed by atoms with van der Waals surface area (Å²) in [6.45, 7) is 7.84. The Balaban J connectivity index is 2.21. The third kappa shape index (κ3) is 2.49. The number of aromatic nitrogens is 1. The molecule has 0 bridgehead atoms. The molecular weight excluding hydrogens is 218 g/mol. The molecule has 3 heteroatoms. The summed E-state index contributed by atoms with van der Waals surface area (Å²) in [6, 6.07) is 7.87. The van der Waals surface area contributed by atoms with Crippen LogP contribution < -0.4 is 4.74 Å². The molecule has 0 saturated carbocycles. The molecule has 0 radical (unpaired) electrons. The van der Waals surface area contributed by atoms with E-state index in [1.807, 2.05) is 43.5 Å². The molecule has 0 aliphatic carbocycles. The number of aryl methyl sites for hydroxylation is 1. The molecule has 2 nitrogen and oxygen atoms in total. The average molecular weight is 231 g/mol. The van der Waals surface area contributed by atoms with Gasteiger partial charge in [0.15, 0.2) is 0 Å². The molecule has 0 aliphatic heterocycles. The third-order valence-corrected chi connectivity index (χ3v) is 2.97. The van der Waals surface area contributed by atoms with E-state index in [9.17, 15) is 0 Å². The van der Waals surface area contributed by atoms with E-state index in [1.165, 1.54) is 11.3 Å². The van der Waals surface area contributed by atoms with Gasteiger partial charge in [0.2, 0.25) is 0 Å². The molecule has 0 aliphatic rings. The minimum absolute atomic E-state index is 0.677. The van der Waals surface area contributed by atoms with Crippen LogP contribution in [0.3, 0.4) is 0 Å². The molecule has 0 saturated heterocycles. The van der Waals surface area contributed by atoms with Gasteiger partial charge in [0.25, 0.3) is 5.19 Å². The Labute approximate surface area is 99.2 Å². The summed E-state index contributed by atoms with van der Waals surface area (Å²) in [7, 11) is 0. The largest absolute Gasteiger partial charge is 0.431 e. The summed E-state index contributed by atoms with van der Waals surface area (Å²) >= 11 is 1.50. The predicted molar refractivity (Wildman–Crippen MR) is 68.1 cm³/mol. The maximum atomic E-state index is 5.66. The molecule has 0 atom stereocenters. The van der Waals surface area contributed by atoms with Crippen molar-refractivity contribution in [2.75, 3.05) is 0 Å². The van der Waals surface area contributed by atoms with Crippen molar-refractivity contribution in [2.24, 2.45) is 0 Å². The highest BCUT2D eigenvalue weighted by atomic mass is 32.1. The Hall–Kier alpha value is -1.61. The molecule has 1 heterocycles. The van der Waals surface area contributed by atoms with E-state index in [4.69, 9.17) is 4.74 Å². The van der Waals surface area contributed by atoms with Crippen molar-refractivity contribution in [1.29, 1.82) is 0 Å². The second-order valence-electron chi connectivity index (χ2n) is 3.67. The zero-order chi connectivity index (χ0) is 11.5. The highest BCUT2D eigenvalue weighted by Crippen LogP contribution is 2.26. The summed E-state index contributed by atoms with van der Waals surface area (Å²) in [4.78, 5) is 4.25. The SMILES string of the molecule is C=C(C)c1cccc(Oc2nc(C)cs2)c1. The molecule has 16 heavy (non-hydrogen) atoms. The van der Waals surface area contributed by atoms with Gasteiger partial charge in [-0.25, -0.2) is 4.98 Å². The lowest BCUT2D eigenvalue weighted by atomic mass is 10.1. The van der Waals surface area contributed by atoms with Gasteiger partial charge in [-0.1, -0.05) is 35.6 Å². The van der Waals surface area contributed by atoms with E-state index in [0.29, 0.717) is 5.19 Å². The summed E-state index contributed by atoms with van der Waals surface area (Å²) in [5.41, 5.74) is 3.10. The number of nitrogens with zero attached hydrogens (tertiary/aromatic N) is 1. The van der Waals surface area contributed by atoms with Crippen LogP contribution in [0.5, 0.6) is 10.9 Å². The Morgan fingerprint density at radius 1 is 1.44 bits per heavy atom. The summed E-state index contributed by atoms with van der Waals surface area (Å²) in [6.07, 6.45) is 0. The summed E-state index contributed by atoms with van der Waals surface area (Å²) < 4.78 is 5.66. The van der Waals surface area contributed by atoms with Crippen LogP contribution in [0, 0.1) is 6.92 Å². The zero-order valence-electron chi connectivity index (χ0n) is 9.36. The first-order valence-electron chi connectivity index (χ1n) is 5.01. The Bertz CT molecular complexity index is 516. The summed E-state index contributed by atoms with van der Waals surface area (Å²) in [5.74, 6) is 0.801. The van der Waals surface area contributed by atoms with Crippen molar-refractivity contribution >= 4 is 16.9 Å². The quantitative estimate of drug-likeness (QED) is 0.786. The molecule has 1 aromatic carbocycles. The fourth-order valence-corrected chi connectivity index (χ4v) is 1.97. The molecule has 0 unspecified atom stereocenters. The highest BCUT2D eigenvalue weighted by Gasteiger charge is 2.02. The minimum atomic E-state index is 0.677. The molecule has 0 fully saturated rings. The molecule has 2 rings (SSSR count). The third-order valence-electron chi connectivity index (χ3n) is 2.13. The van der Waals surface area contributed by atoms with Crippen LogP contribution in [-0.2, 0) is 0 Å². The monoisotopic (exact) mass is 231 g/mol. The maximum absolute atomic E-state index is 5.66. The lowest BCUT2D eigenvalue weighted by Crippen LogP contribution is -1.85. The van der Waals surface area contributed by atoms with Gasteiger partial charge < -0.3 is 4.74 Å². The topological polar surface area (TPSA) is 22.1 Å². The van der Waals surface area contributed by atoms with Gasteiger partial charge in [-0.2, -0.15) is 0 Å².